The van der Waals surface area contributed by atoms with E-state index in [0.29, 0.717) is 12.0 Å². The Balaban J connectivity index is 0.00000201. The lowest BCUT2D eigenvalue weighted by atomic mass is 9.85. The van der Waals surface area contributed by atoms with Crippen LogP contribution in [0.2, 0.25) is 0 Å². The lowest BCUT2D eigenvalue weighted by molar-refractivity contribution is -0.124. The lowest BCUT2D eigenvalue weighted by Crippen LogP contribution is -2.31. The average Bonchev–Trinajstić information content (AvgIpc) is 2.94. The molecule has 0 aromatic carbocycles. The van der Waals surface area contributed by atoms with Crippen molar-refractivity contribution in [2.45, 2.75) is 74.7 Å². The van der Waals surface area contributed by atoms with Crippen molar-refractivity contribution >= 4 is 27.9 Å². The van der Waals surface area contributed by atoms with Gasteiger partial charge in [-0.2, -0.15) is 5.26 Å². The summed E-state index contributed by atoms with van der Waals surface area (Å²) in [7, 11) is 3.49. The first-order valence-corrected chi connectivity index (χ1v) is 14.3. The van der Waals surface area contributed by atoms with Gasteiger partial charge in [0.2, 0.25) is 5.91 Å². The topological polar surface area (TPSA) is 60.2 Å². The Bertz CT molecular complexity index is 1020. The molecule has 0 spiro atoms. The molecule has 6 heteroatoms. The second-order valence-corrected chi connectivity index (χ2v) is 9.22. The fourth-order valence-corrected chi connectivity index (χ4v) is 4.63. The number of aryl methyl sites for hydroxylation is 1. The molecule has 0 unspecified atom stereocenters. The van der Waals surface area contributed by atoms with Crippen LogP contribution in [0.3, 0.4) is 0 Å². The zero-order valence-electron chi connectivity index (χ0n) is 24.7. The summed E-state index contributed by atoms with van der Waals surface area (Å²) >= 11 is 3.62. The molecule has 1 aliphatic heterocycles. The summed E-state index contributed by atoms with van der Waals surface area (Å²) in [4.78, 5) is 20.6. The summed E-state index contributed by atoms with van der Waals surface area (Å²) in [5, 5.41) is 9.65. The number of nitrogens with zero attached hydrogens (tertiary/aromatic N) is 4. The van der Waals surface area contributed by atoms with E-state index in [2.05, 4.69) is 51.0 Å². The lowest BCUT2D eigenvalue weighted by Gasteiger charge is -2.29. The van der Waals surface area contributed by atoms with Crippen LogP contribution in [-0.2, 0) is 4.79 Å². The van der Waals surface area contributed by atoms with Crippen molar-refractivity contribution in [2.24, 2.45) is 0 Å². The summed E-state index contributed by atoms with van der Waals surface area (Å²) < 4.78 is 1.06. The standard InChI is InChI=1S/C25H29BrN4O.3C2H6/c1-17(13-23-18(2)28-10-7-24(23)26)16-30-11-8-19(9-12-30)22-6-5-20(14-21(22)15-27)25(31)29(3)4;3*1-2/h7-8,10,13-14H,5-6,9,11-12,16H2,1-4H3;3*1-2H3/b17-13+;;;. The smallest absolute Gasteiger partial charge is 0.249 e. The van der Waals surface area contributed by atoms with Gasteiger partial charge in [-0.25, -0.2) is 0 Å². The summed E-state index contributed by atoms with van der Waals surface area (Å²) in [6.45, 7) is 18.9. The van der Waals surface area contributed by atoms with E-state index in [9.17, 15) is 10.1 Å². The molecule has 0 N–H and O–H groups in total. The molecule has 0 saturated heterocycles. The zero-order chi connectivity index (χ0) is 28.5. The van der Waals surface area contributed by atoms with Crippen LogP contribution in [0.25, 0.3) is 6.08 Å². The minimum atomic E-state index is -0.00616. The summed E-state index contributed by atoms with van der Waals surface area (Å²) in [5.74, 6) is -0.00616. The molecule has 37 heavy (non-hydrogen) atoms. The minimum absolute atomic E-state index is 0.00616. The molecule has 0 saturated carbocycles. The number of rotatable bonds is 5. The minimum Gasteiger partial charge on any atom is -0.345 e. The highest BCUT2D eigenvalue weighted by Crippen LogP contribution is 2.32. The van der Waals surface area contributed by atoms with Gasteiger partial charge in [-0.05, 0) is 56.4 Å². The van der Waals surface area contributed by atoms with Gasteiger partial charge in [-0.1, -0.05) is 75.2 Å². The fourth-order valence-electron chi connectivity index (χ4n) is 4.11. The molecule has 0 atom stereocenters. The monoisotopic (exact) mass is 570 g/mol. The van der Waals surface area contributed by atoms with Gasteiger partial charge in [0.05, 0.1) is 11.6 Å². The quantitative estimate of drug-likeness (QED) is 0.361. The number of carbonyl (C=O) groups excluding carboxylic acids is 1. The highest BCUT2D eigenvalue weighted by atomic mass is 79.9. The van der Waals surface area contributed by atoms with E-state index in [0.717, 1.165) is 59.4 Å². The van der Waals surface area contributed by atoms with Gasteiger partial charge in [0, 0.05) is 61.2 Å². The number of aromatic nitrogens is 1. The zero-order valence-corrected chi connectivity index (χ0v) is 26.3. The van der Waals surface area contributed by atoms with Crippen LogP contribution >= 0.6 is 15.9 Å². The third-order valence-corrected chi connectivity index (χ3v) is 6.46. The van der Waals surface area contributed by atoms with Crippen LogP contribution in [0.5, 0.6) is 0 Å². The Morgan fingerprint density at radius 2 is 1.81 bits per heavy atom. The molecule has 204 valence electrons. The second kappa shape index (κ2) is 18.7. The van der Waals surface area contributed by atoms with Crippen LogP contribution in [0.1, 0.15) is 79.0 Å². The van der Waals surface area contributed by atoms with Crippen LogP contribution in [0.4, 0.5) is 0 Å². The van der Waals surface area contributed by atoms with E-state index < -0.39 is 0 Å². The Hall–Kier alpha value is -2.49. The molecule has 0 bridgehead atoms. The van der Waals surface area contributed by atoms with Crippen molar-refractivity contribution in [2.75, 3.05) is 33.7 Å². The molecule has 1 aromatic rings. The number of pyridine rings is 1. The number of halogens is 1. The van der Waals surface area contributed by atoms with Crippen LogP contribution in [0.15, 0.2) is 56.8 Å². The summed E-state index contributed by atoms with van der Waals surface area (Å²) in [5.41, 5.74) is 7.17. The van der Waals surface area contributed by atoms with Crippen molar-refractivity contribution in [3.05, 3.63) is 68.0 Å². The number of carbonyl (C=O) groups is 1. The van der Waals surface area contributed by atoms with Gasteiger partial charge >= 0.3 is 0 Å². The van der Waals surface area contributed by atoms with Crippen molar-refractivity contribution in [1.29, 1.82) is 5.26 Å². The second-order valence-electron chi connectivity index (χ2n) is 8.37. The maximum absolute atomic E-state index is 12.3. The maximum atomic E-state index is 12.3. The van der Waals surface area contributed by atoms with E-state index >= 15 is 0 Å². The Labute approximate surface area is 234 Å². The molecule has 2 heterocycles. The molecule has 2 aliphatic rings. The maximum Gasteiger partial charge on any atom is 0.249 e. The number of amides is 1. The van der Waals surface area contributed by atoms with E-state index in [1.54, 1.807) is 25.1 Å². The van der Waals surface area contributed by atoms with Crippen molar-refractivity contribution in [3.8, 4) is 6.07 Å². The summed E-state index contributed by atoms with van der Waals surface area (Å²) in [6.07, 6.45) is 10.4. The first kappa shape index (κ1) is 34.5. The first-order valence-electron chi connectivity index (χ1n) is 13.6. The molecule has 5 nitrogen and oxygen atoms in total. The molecule has 1 aromatic heterocycles. The number of nitriles is 1. The Morgan fingerprint density at radius 3 is 2.32 bits per heavy atom. The normalized spacial score (nSPS) is 15.4. The first-order chi connectivity index (χ1) is 17.8. The van der Waals surface area contributed by atoms with Crippen molar-refractivity contribution in [3.63, 3.8) is 0 Å². The SMILES string of the molecule is C/C(=C\c1c(Br)ccnc1C)CN1CC=C(C2=C(C#N)C=C(C(=O)N(C)C)CC2)CC1.CC.CC.CC. The van der Waals surface area contributed by atoms with Gasteiger partial charge in [0.15, 0.2) is 0 Å². The molecular formula is C31H47BrN4O. The largest absolute Gasteiger partial charge is 0.345 e. The number of hydrogen-bond donors (Lipinski definition) is 0. The Kier molecular flexibility index (Phi) is 17.4. The Morgan fingerprint density at radius 1 is 1.16 bits per heavy atom. The van der Waals surface area contributed by atoms with Gasteiger partial charge in [-0.15, -0.1) is 0 Å². The molecular weight excluding hydrogens is 524 g/mol. The third kappa shape index (κ3) is 10.4. The number of likely N-dealkylation sites (N-methyl/N-ethyl adjacent to an activating group) is 1. The molecule has 0 fully saturated rings. The highest BCUT2D eigenvalue weighted by Gasteiger charge is 2.23. The molecule has 1 aliphatic carbocycles. The van der Waals surface area contributed by atoms with Crippen LogP contribution in [-0.4, -0.2) is 54.4 Å². The van der Waals surface area contributed by atoms with Crippen LogP contribution < -0.4 is 0 Å². The number of hydrogen-bond acceptors (Lipinski definition) is 4. The predicted octanol–water partition coefficient (Wildman–Crippen LogP) is 7.90. The molecule has 1 amide bonds. The van der Waals surface area contributed by atoms with Crippen LogP contribution in [0, 0.1) is 18.3 Å². The van der Waals surface area contributed by atoms with Gasteiger partial charge in [-0.3, -0.25) is 14.7 Å². The number of allylic oxidation sites excluding steroid dienone is 3. The fraction of sp³-hybridized carbons (Fsp3) is 0.516. The predicted molar refractivity (Wildman–Crippen MR) is 162 cm³/mol. The molecule has 0 radical (unpaired) electrons. The van der Waals surface area contributed by atoms with Gasteiger partial charge in [0.25, 0.3) is 0 Å². The highest BCUT2D eigenvalue weighted by molar-refractivity contribution is 9.10. The third-order valence-electron chi connectivity index (χ3n) is 5.77. The van der Waals surface area contributed by atoms with Gasteiger partial charge < -0.3 is 4.90 Å². The van der Waals surface area contributed by atoms with E-state index in [1.165, 1.54) is 11.1 Å². The van der Waals surface area contributed by atoms with Crippen molar-refractivity contribution < 1.29 is 4.79 Å². The average molecular weight is 572 g/mol. The van der Waals surface area contributed by atoms with E-state index in [1.807, 2.05) is 60.7 Å². The van der Waals surface area contributed by atoms with E-state index in [-0.39, 0.29) is 5.91 Å². The van der Waals surface area contributed by atoms with E-state index in [4.69, 9.17) is 0 Å². The molecule has 3 rings (SSSR count). The van der Waals surface area contributed by atoms with Crippen molar-refractivity contribution in [1.82, 2.24) is 14.8 Å². The van der Waals surface area contributed by atoms with Gasteiger partial charge in [0.1, 0.15) is 0 Å². The summed E-state index contributed by atoms with van der Waals surface area (Å²) in [6, 6.07) is 4.29.